The summed E-state index contributed by atoms with van der Waals surface area (Å²) in [6.45, 7) is 3.69. The Labute approximate surface area is 166 Å². The number of carbonyl (C=O) groups excluding carboxylic acids is 3. The highest BCUT2D eigenvalue weighted by Crippen LogP contribution is 2.10. The van der Waals surface area contributed by atoms with Crippen LogP contribution in [0.4, 0.5) is 14.6 Å². The number of H-pyrrole nitrogens is 1. The van der Waals surface area contributed by atoms with Crippen molar-refractivity contribution in [2.24, 2.45) is 0 Å². The number of rotatable bonds is 9. The molecular formula is C19H22F2N4O4. The summed E-state index contributed by atoms with van der Waals surface area (Å²) in [5.74, 6) is -3.25. The van der Waals surface area contributed by atoms with Crippen molar-refractivity contribution in [3.8, 4) is 0 Å². The Morgan fingerprint density at radius 3 is 2.52 bits per heavy atom. The molecule has 0 aliphatic heterocycles. The number of esters is 1. The van der Waals surface area contributed by atoms with Crippen LogP contribution in [0.2, 0.25) is 0 Å². The van der Waals surface area contributed by atoms with Crippen LogP contribution in [0.15, 0.2) is 24.3 Å². The number of aromatic nitrogens is 2. The average Bonchev–Trinajstić information content (AvgIpc) is 3.09. The number of hydrogen-bond acceptors (Lipinski definition) is 5. The number of carbonyl (C=O) groups is 3. The quantitative estimate of drug-likeness (QED) is 0.435. The van der Waals surface area contributed by atoms with Gasteiger partial charge in [-0.05, 0) is 31.0 Å². The molecule has 0 radical (unpaired) electrons. The Balaban J connectivity index is 1.85. The fourth-order valence-corrected chi connectivity index (χ4v) is 2.37. The van der Waals surface area contributed by atoms with Crippen molar-refractivity contribution in [3.05, 3.63) is 47.2 Å². The third-order valence-electron chi connectivity index (χ3n) is 3.84. The summed E-state index contributed by atoms with van der Waals surface area (Å²) in [5.41, 5.74) is 0.229. The van der Waals surface area contributed by atoms with E-state index in [9.17, 15) is 23.2 Å². The van der Waals surface area contributed by atoms with Gasteiger partial charge in [0.05, 0.1) is 13.0 Å². The van der Waals surface area contributed by atoms with E-state index in [2.05, 4.69) is 20.8 Å². The number of benzene rings is 1. The second kappa shape index (κ2) is 10.3. The van der Waals surface area contributed by atoms with Gasteiger partial charge in [-0.25, -0.2) is 13.6 Å². The molecule has 1 aromatic heterocycles. The van der Waals surface area contributed by atoms with E-state index in [-0.39, 0.29) is 30.1 Å². The number of anilines is 1. The van der Waals surface area contributed by atoms with Crippen molar-refractivity contribution >= 4 is 23.6 Å². The predicted octanol–water partition coefficient (Wildman–Crippen LogP) is 2.33. The Morgan fingerprint density at radius 2 is 1.86 bits per heavy atom. The van der Waals surface area contributed by atoms with Crippen LogP contribution >= 0.6 is 0 Å². The summed E-state index contributed by atoms with van der Waals surface area (Å²) < 4.78 is 31.4. The van der Waals surface area contributed by atoms with E-state index >= 15 is 0 Å². The fourth-order valence-electron chi connectivity index (χ4n) is 2.37. The van der Waals surface area contributed by atoms with E-state index in [1.807, 2.05) is 6.92 Å². The van der Waals surface area contributed by atoms with Crippen molar-refractivity contribution in [2.45, 2.75) is 39.2 Å². The molecule has 2 aromatic rings. The second-order valence-electron chi connectivity index (χ2n) is 6.39. The topological polar surface area (TPSA) is 113 Å². The molecule has 2 rings (SSSR count). The smallest absolute Gasteiger partial charge is 0.356 e. The van der Waals surface area contributed by atoms with Crippen molar-refractivity contribution < 1.29 is 27.9 Å². The highest BCUT2D eigenvalue weighted by molar-refractivity contribution is 5.97. The van der Waals surface area contributed by atoms with Gasteiger partial charge >= 0.3 is 5.97 Å². The van der Waals surface area contributed by atoms with Gasteiger partial charge in [0.25, 0.3) is 0 Å². The minimum Gasteiger partial charge on any atom is -0.461 e. The summed E-state index contributed by atoms with van der Waals surface area (Å²) in [5, 5.41) is 11.1. The van der Waals surface area contributed by atoms with E-state index in [1.54, 1.807) is 0 Å². The molecule has 10 heteroatoms. The van der Waals surface area contributed by atoms with Gasteiger partial charge in [-0.3, -0.25) is 14.7 Å². The first-order chi connectivity index (χ1) is 13.8. The van der Waals surface area contributed by atoms with Crippen LogP contribution in [0.5, 0.6) is 0 Å². The number of hydrogen-bond donors (Lipinski definition) is 3. The lowest BCUT2D eigenvalue weighted by molar-refractivity contribution is -0.125. The second-order valence-corrected chi connectivity index (χ2v) is 6.39. The van der Waals surface area contributed by atoms with Gasteiger partial charge in [-0.2, -0.15) is 5.10 Å². The fraction of sp³-hybridized carbons (Fsp3) is 0.368. The Kier molecular flexibility index (Phi) is 7.81. The van der Waals surface area contributed by atoms with Crippen LogP contribution in [-0.2, 0) is 20.7 Å². The van der Waals surface area contributed by atoms with Crippen LogP contribution in [0.1, 0.15) is 42.7 Å². The third kappa shape index (κ3) is 6.98. The molecule has 0 spiro atoms. The molecule has 1 aromatic carbocycles. The highest BCUT2D eigenvalue weighted by atomic mass is 19.1. The van der Waals surface area contributed by atoms with E-state index in [0.717, 1.165) is 25.0 Å². The molecular weight excluding hydrogens is 386 g/mol. The molecule has 0 aliphatic carbocycles. The van der Waals surface area contributed by atoms with Crippen LogP contribution in [0.25, 0.3) is 0 Å². The maximum Gasteiger partial charge on any atom is 0.356 e. The van der Waals surface area contributed by atoms with E-state index in [0.29, 0.717) is 6.07 Å². The molecule has 3 N–H and O–H groups in total. The number of nitrogens with zero attached hydrogens (tertiary/aromatic N) is 1. The molecule has 0 aliphatic rings. The Morgan fingerprint density at radius 1 is 1.17 bits per heavy atom. The van der Waals surface area contributed by atoms with Gasteiger partial charge in [0.1, 0.15) is 23.4 Å². The van der Waals surface area contributed by atoms with Crippen LogP contribution in [-0.4, -0.2) is 40.6 Å². The van der Waals surface area contributed by atoms with Crippen LogP contribution in [0, 0.1) is 11.6 Å². The number of nitrogens with one attached hydrogen (secondary N) is 3. The predicted molar refractivity (Wildman–Crippen MR) is 100 cm³/mol. The molecule has 0 saturated carbocycles. The van der Waals surface area contributed by atoms with E-state index in [4.69, 9.17) is 4.74 Å². The molecule has 0 bridgehead atoms. The van der Waals surface area contributed by atoms with Gasteiger partial charge in [-0.15, -0.1) is 0 Å². The first kappa shape index (κ1) is 22.0. The molecule has 0 saturated heterocycles. The molecule has 1 atom stereocenters. The summed E-state index contributed by atoms with van der Waals surface area (Å²) in [6, 6.07) is 3.15. The zero-order valence-electron chi connectivity index (χ0n) is 16.1. The van der Waals surface area contributed by atoms with Crippen LogP contribution < -0.4 is 10.6 Å². The van der Waals surface area contributed by atoms with E-state index < -0.39 is 35.5 Å². The zero-order chi connectivity index (χ0) is 21.4. The zero-order valence-corrected chi connectivity index (χ0v) is 16.1. The maximum absolute atomic E-state index is 13.2. The lowest BCUT2D eigenvalue weighted by Crippen LogP contribution is -2.42. The lowest BCUT2D eigenvalue weighted by Gasteiger charge is -2.13. The van der Waals surface area contributed by atoms with Crippen molar-refractivity contribution in [3.63, 3.8) is 0 Å². The normalized spacial score (nSPS) is 11.6. The monoisotopic (exact) mass is 408 g/mol. The Hall–Kier alpha value is -3.30. The van der Waals surface area contributed by atoms with Crippen LogP contribution in [0.3, 0.4) is 0 Å². The number of unbranched alkanes of at least 4 members (excludes halogenated alkanes) is 1. The number of halogens is 2. The van der Waals surface area contributed by atoms with Gasteiger partial charge in [0.2, 0.25) is 11.8 Å². The molecule has 0 fully saturated rings. The minimum atomic E-state index is -0.947. The van der Waals surface area contributed by atoms with Crippen molar-refractivity contribution in [1.29, 1.82) is 0 Å². The summed E-state index contributed by atoms with van der Waals surface area (Å²) >= 11 is 0. The Bertz CT molecular complexity index is 865. The summed E-state index contributed by atoms with van der Waals surface area (Å²) in [4.78, 5) is 36.0. The summed E-state index contributed by atoms with van der Waals surface area (Å²) in [6.07, 6.45) is 1.33. The standard InChI is InChI=1S/C19H22F2N4O4/c1-3-4-5-29-19(28)15-10-16(25-24-15)23-18(27)11(2)22-17(26)8-12-6-13(20)9-14(21)7-12/h6-7,9-11H,3-5,8H2,1-2H3,(H,22,26)(H2,23,24,25,27). The lowest BCUT2D eigenvalue weighted by atomic mass is 10.1. The molecule has 29 heavy (non-hydrogen) atoms. The molecule has 8 nitrogen and oxygen atoms in total. The van der Waals surface area contributed by atoms with Gasteiger partial charge in [0, 0.05) is 12.1 Å². The number of amides is 2. The van der Waals surface area contributed by atoms with Gasteiger partial charge in [0.15, 0.2) is 5.82 Å². The molecule has 2 amide bonds. The molecule has 1 unspecified atom stereocenters. The van der Waals surface area contributed by atoms with Gasteiger partial charge < -0.3 is 15.4 Å². The first-order valence-corrected chi connectivity index (χ1v) is 9.06. The average molecular weight is 408 g/mol. The van der Waals surface area contributed by atoms with E-state index in [1.165, 1.54) is 13.0 Å². The summed E-state index contributed by atoms with van der Waals surface area (Å²) in [7, 11) is 0. The maximum atomic E-state index is 13.2. The van der Waals surface area contributed by atoms with Crippen molar-refractivity contribution in [2.75, 3.05) is 11.9 Å². The molecule has 1 heterocycles. The first-order valence-electron chi connectivity index (χ1n) is 9.06. The number of ether oxygens (including phenoxy) is 1. The largest absolute Gasteiger partial charge is 0.461 e. The SMILES string of the molecule is CCCCOC(=O)c1cc(NC(=O)C(C)NC(=O)Cc2cc(F)cc(F)c2)n[nH]1. The highest BCUT2D eigenvalue weighted by Gasteiger charge is 2.19. The third-order valence-corrected chi connectivity index (χ3v) is 3.84. The number of aromatic amines is 1. The van der Waals surface area contributed by atoms with Crippen molar-refractivity contribution in [1.82, 2.24) is 15.5 Å². The molecule has 156 valence electrons. The van der Waals surface area contributed by atoms with Gasteiger partial charge in [-0.1, -0.05) is 13.3 Å². The minimum absolute atomic E-state index is 0.0845.